The van der Waals surface area contributed by atoms with Crippen molar-refractivity contribution in [3.63, 3.8) is 0 Å². The van der Waals surface area contributed by atoms with E-state index in [2.05, 4.69) is 36.9 Å². The second-order valence-corrected chi connectivity index (χ2v) is 7.49. The minimum absolute atomic E-state index is 0.355. The Bertz CT molecular complexity index is 1210. The van der Waals surface area contributed by atoms with E-state index < -0.39 is 0 Å². The lowest BCUT2D eigenvalue weighted by molar-refractivity contribution is -0.113. The first-order chi connectivity index (χ1) is 14.0. The molecule has 148 valence electrons. The average Bonchev–Trinajstić information content (AvgIpc) is 3.02. The van der Waals surface area contributed by atoms with Gasteiger partial charge < -0.3 is 14.0 Å². The number of aryl methyl sites for hydroxylation is 2. The van der Waals surface area contributed by atoms with Crippen LogP contribution in [0.15, 0.2) is 41.4 Å². The van der Waals surface area contributed by atoms with Crippen molar-refractivity contribution in [2.24, 2.45) is 4.99 Å². The number of rotatable bonds is 5. The molecule has 0 fully saturated rings. The van der Waals surface area contributed by atoms with Crippen LogP contribution in [0.2, 0.25) is 0 Å². The Kier molecular flexibility index (Phi) is 6.20. The molecular formula is C23H22N2O3S. The Morgan fingerprint density at radius 2 is 1.90 bits per heavy atom. The zero-order chi connectivity index (χ0) is 21.0. The summed E-state index contributed by atoms with van der Waals surface area (Å²) in [5.74, 6) is 3.52. The van der Waals surface area contributed by atoms with Crippen molar-refractivity contribution in [2.45, 2.75) is 20.4 Å². The molecule has 5 nitrogen and oxygen atoms in total. The van der Waals surface area contributed by atoms with E-state index in [-0.39, 0.29) is 5.91 Å². The van der Waals surface area contributed by atoms with Crippen LogP contribution in [0.5, 0.6) is 11.5 Å². The van der Waals surface area contributed by atoms with Crippen LogP contribution in [0.25, 0.3) is 16.3 Å². The van der Waals surface area contributed by atoms with Crippen LogP contribution in [0.3, 0.4) is 0 Å². The third-order valence-corrected chi connectivity index (χ3v) is 5.62. The van der Waals surface area contributed by atoms with Gasteiger partial charge in [-0.3, -0.25) is 4.79 Å². The second-order valence-electron chi connectivity index (χ2n) is 6.48. The van der Waals surface area contributed by atoms with Crippen molar-refractivity contribution in [1.29, 1.82) is 0 Å². The highest BCUT2D eigenvalue weighted by Gasteiger charge is 2.08. The maximum Gasteiger partial charge on any atom is 0.272 e. The molecular weight excluding hydrogens is 384 g/mol. The van der Waals surface area contributed by atoms with Gasteiger partial charge >= 0.3 is 0 Å². The number of amides is 1. The number of thiazole rings is 1. The molecule has 2 aromatic carbocycles. The summed E-state index contributed by atoms with van der Waals surface area (Å²) in [4.78, 5) is 17.3. The highest BCUT2D eigenvalue weighted by Crippen LogP contribution is 2.28. The van der Waals surface area contributed by atoms with E-state index in [1.165, 1.54) is 28.5 Å². The maximum absolute atomic E-state index is 12.5. The van der Waals surface area contributed by atoms with E-state index in [4.69, 9.17) is 15.9 Å². The molecule has 0 unspecified atom stereocenters. The van der Waals surface area contributed by atoms with Gasteiger partial charge in [0.15, 0.2) is 16.3 Å². The zero-order valence-corrected chi connectivity index (χ0v) is 17.7. The number of terminal acetylenes is 1. The number of benzene rings is 2. The lowest BCUT2D eigenvalue weighted by Gasteiger charge is -2.07. The van der Waals surface area contributed by atoms with E-state index in [0.29, 0.717) is 22.8 Å². The molecule has 0 bridgehead atoms. The minimum atomic E-state index is -0.356. The van der Waals surface area contributed by atoms with Gasteiger partial charge in [0.25, 0.3) is 5.91 Å². The number of methoxy groups -OCH3 is 2. The zero-order valence-electron chi connectivity index (χ0n) is 16.9. The lowest BCUT2D eigenvalue weighted by atomic mass is 10.1. The topological polar surface area (TPSA) is 52.8 Å². The van der Waals surface area contributed by atoms with Gasteiger partial charge in [-0.25, -0.2) is 0 Å². The van der Waals surface area contributed by atoms with Crippen molar-refractivity contribution in [3.8, 4) is 23.8 Å². The van der Waals surface area contributed by atoms with Gasteiger partial charge in [0, 0.05) is 6.08 Å². The first kappa shape index (κ1) is 20.4. The number of fused-ring (bicyclic) bond motifs is 1. The van der Waals surface area contributed by atoms with E-state index in [1.54, 1.807) is 32.4 Å². The molecule has 0 saturated heterocycles. The number of ether oxygens (including phenoxy) is 2. The number of hydrogen-bond donors (Lipinski definition) is 0. The van der Waals surface area contributed by atoms with Crippen LogP contribution in [-0.4, -0.2) is 24.7 Å². The number of aromatic nitrogens is 1. The average molecular weight is 407 g/mol. The van der Waals surface area contributed by atoms with Gasteiger partial charge in [-0.05, 0) is 60.9 Å². The van der Waals surface area contributed by atoms with E-state index in [9.17, 15) is 4.79 Å². The molecule has 3 aromatic rings. The van der Waals surface area contributed by atoms with Crippen molar-refractivity contribution in [1.82, 2.24) is 4.57 Å². The molecule has 3 rings (SSSR count). The normalized spacial score (nSPS) is 11.8. The van der Waals surface area contributed by atoms with Crippen LogP contribution in [0.1, 0.15) is 16.7 Å². The first-order valence-electron chi connectivity index (χ1n) is 8.99. The monoisotopic (exact) mass is 406 g/mol. The highest BCUT2D eigenvalue weighted by atomic mass is 32.1. The molecule has 0 radical (unpaired) electrons. The Hall–Kier alpha value is -3.30. The second kappa shape index (κ2) is 8.80. The van der Waals surface area contributed by atoms with Gasteiger partial charge in [0.05, 0.1) is 31.0 Å². The van der Waals surface area contributed by atoms with Crippen molar-refractivity contribution in [3.05, 3.63) is 57.9 Å². The molecule has 1 heterocycles. The molecule has 0 atom stereocenters. The molecule has 6 heteroatoms. The number of nitrogens with zero attached hydrogens (tertiary/aromatic N) is 2. The Labute approximate surface area is 173 Å². The van der Waals surface area contributed by atoms with Crippen molar-refractivity contribution < 1.29 is 14.3 Å². The fourth-order valence-corrected chi connectivity index (χ4v) is 4.02. The number of carbonyl (C=O) groups is 1. The van der Waals surface area contributed by atoms with Gasteiger partial charge in [0.1, 0.15) is 0 Å². The molecule has 0 aliphatic heterocycles. The van der Waals surface area contributed by atoms with E-state index >= 15 is 0 Å². The van der Waals surface area contributed by atoms with Gasteiger partial charge in [-0.2, -0.15) is 4.99 Å². The standard InChI is InChI=1S/C23H22N2O3S/c1-6-11-25-18-12-15(2)16(3)13-21(18)29-23(25)24-22(26)10-8-17-7-9-19(27-4)20(14-17)28-5/h1,7-10,12-14H,11H2,2-5H3/b10-8-,24-23?. The predicted octanol–water partition coefficient (Wildman–Crippen LogP) is 4.11. The quantitative estimate of drug-likeness (QED) is 0.473. The fourth-order valence-electron chi connectivity index (χ4n) is 2.91. The molecule has 0 N–H and O–H groups in total. The fraction of sp³-hybridized carbons (Fsp3) is 0.217. The predicted molar refractivity (Wildman–Crippen MR) is 117 cm³/mol. The summed E-state index contributed by atoms with van der Waals surface area (Å²) >= 11 is 1.46. The summed E-state index contributed by atoms with van der Waals surface area (Å²) in [6, 6.07) is 9.62. The SMILES string of the molecule is C#CCn1c(=NC(=O)/C=C\c2ccc(OC)c(OC)c2)sc2cc(C)c(C)cc21. The third kappa shape index (κ3) is 4.41. The molecule has 1 aromatic heterocycles. The highest BCUT2D eigenvalue weighted by molar-refractivity contribution is 7.16. The molecule has 0 spiro atoms. The Morgan fingerprint density at radius 1 is 1.17 bits per heavy atom. The molecule has 0 aliphatic carbocycles. The molecule has 1 amide bonds. The summed E-state index contributed by atoms with van der Waals surface area (Å²) in [6.45, 7) is 4.47. The van der Waals surface area contributed by atoms with Crippen molar-refractivity contribution in [2.75, 3.05) is 14.2 Å². The summed E-state index contributed by atoms with van der Waals surface area (Å²) in [6.07, 6.45) is 8.66. The first-order valence-corrected chi connectivity index (χ1v) is 9.81. The van der Waals surface area contributed by atoms with Crippen LogP contribution < -0.4 is 14.3 Å². The minimum Gasteiger partial charge on any atom is -0.493 e. The Balaban J connectivity index is 1.96. The van der Waals surface area contributed by atoms with Gasteiger partial charge in [-0.1, -0.05) is 23.3 Å². The molecule has 29 heavy (non-hydrogen) atoms. The third-order valence-electron chi connectivity index (χ3n) is 4.58. The van der Waals surface area contributed by atoms with Gasteiger partial charge in [0.2, 0.25) is 0 Å². The van der Waals surface area contributed by atoms with Crippen LogP contribution in [-0.2, 0) is 11.3 Å². The van der Waals surface area contributed by atoms with Gasteiger partial charge in [-0.15, -0.1) is 6.42 Å². The van der Waals surface area contributed by atoms with Crippen LogP contribution in [0.4, 0.5) is 0 Å². The lowest BCUT2D eigenvalue weighted by Crippen LogP contribution is -2.15. The summed E-state index contributed by atoms with van der Waals surface area (Å²) in [7, 11) is 3.15. The number of hydrogen-bond acceptors (Lipinski definition) is 4. The maximum atomic E-state index is 12.5. The molecule has 0 saturated carbocycles. The number of carbonyl (C=O) groups excluding carboxylic acids is 1. The summed E-state index contributed by atoms with van der Waals surface area (Å²) in [5.41, 5.74) is 4.17. The van der Waals surface area contributed by atoms with E-state index in [0.717, 1.165) is 15.8 Å². The summed E-state index contributed by atoms with van der Waals surface area (Å²) < 4.78 is 13.5. The van der Waals surface area contributed by atoms with Crippen LogP contribution in [0, 0.1) is 26.2 Å². The largest absolute Gasteiger partial charge is 0.493 e. The molecule has 0 aliphatic rings. The van der Waals surface area contributed by atoms with E-state index in [1.807, 2.05) is 10.6 Å². The van der Waals surface area contributed by atoms with Crippen LogP contribution >= 0.6 is 11.3 Å². The summed E-state index contributed by atoms with van der Waals surface area (Å²) in [5, 5.41) is 0. The smallest absolute Gasteiger partial charge is 0.272 e. The Morgan fingerprint density at radius 3 is 2.59 bits per heavy atom. The van der Waals surface area contributed by atoms with Crippen molar-refractivity contribution >= 4 is 33.5 Å².